The molecule has 8 nitrogen and oxygen atoms in total. The van der Waals surface area contributed by atoms with E-state index in [1.165, 1.54) is 6.08 Å². The molecule has 0 unspecified atom stereocenters. The van der Waals surface area contributed by atoms with Crippen molar-refractivity contribution < 1.29 is 39.5 Å². The first-order valence-corrected chi connectivity index (χ1v) is 18.8. The molecule has 0 bridgehead atoms. The standard InChI is InChI=1S/C43H68O8/c1-29(20-22-38(46)27-36(8)44)14-12-15-30(2)24-31(3)21-23-43(49)50-40-18-13-19-42(48)51-41(17-11-10-16-33(40)5)35(7)26-32(4)25-34(6)39(47)28-37(9)45/h10-12,14-15,20-21,23-25,33-41,44-47H,13,16-19,22,26-28H2,1-9H3/b11-10+,14-12+,23-21+,29-20+,30-15+,31-24+,32-25+/t33-,34+,35-,36-,37+,38+,39+,40-,41+/m0/s1. The topological polar surface area (TPSA) is 134 Å². The smallest absolute Gasteiger partial charge is 0.331 e. The van der Waals surface area contributed by atoms with E-state index in [-0.39, 0.29) is 42.4 Å². The fraction of sp³-hybridized carbons (Fsp3) is 0.628. The van der Waals surface area contributed by atoms with Crippen molar-refractivity contribution in [1.29, 1.82) is 0 Å². The van der Waals surface area contributed by atoms with Crippen molar-refractivity contribution in [1.82, 2.24) is 0 Å². The van der Waals surface area contributed by atoms with E-state index < -0.39 is 30.4 Å². The van der Waals surface area contributed by atoms with Crippen molar-refractivity contribution in [2.45, 2.75) is 157 Å². The summed E-state index contributed by atoms with van der Waals surface area (Å²) < 4.78 is 11.8. The number of hydrogen-bond acceptors (Lipinski definition) is 8. The first-order chi connectivity index (χ1) is 24.0. The highest BCUT2D eigenvalue weighted by Gasteiger charge is 2.25. The third kappa shape index (κ3) is 21.8. The van der Waals surface area contributed by atoms with Gasteiger partial charge in [0.15, 0.2) is 0 Å². The number of aliphatic hydroxyl groups excluding tert-OH is 4. The summed E-state index contributed by atoms with van der Waals surface area (Å²) in [6.45, 7) is 17.3. The highest BCUT2D eigenvalue weighted by Crippen LogP contribution is 2.26. The van der Waals surface area contributed by atoms with E-state index in [1.807, 2.05) is 71.1 Å². The maximum Gasteiger partial charge on any atom is 0.331 e. The van der Waals surface area contributed by atoms with Gasteiger partial charge in [0.25, 0.3) is 0 Å². The quantitative estimate of drug-likeness (QED) is 0.0514. The van der Waals surface area contributed by atoms with Crippen LogP contribution in [0.15, 0.2) is 83.1 Å². The van der Waals surface area contributed by atoms with Gasteiger partial charge in [0.2, 0.25) is 0 Å². The van der Waals surface area contributed by atoms with Crippen molar-refractivity contribution in [3.8, 4) is 0 Å². The molecule has 1 heterocycles. The molecule has 1 aliphatic rings. The summed E-state index contributed by atoms with van der Waals surface area (Å²) in [5.41, 5.74) is 4.05. The maximum absolute atomic E-state index is 12.9. The Morgan fingerprint density at radius 2 is 1.59 bits per heavy atom. The van der Waals surface area contributed by atoms with Crippen LogP contribution in [-0.2, 0) is 19.1 Å². The summed E-state index contributed by atoms with van der Waals surface area (Å²) in [6, 6.07) is 0. The lowest BCUT2D eigenvalue weighted by molar-refractivity contribution is -0.151. The monoisotopic (exact) mass is 712 g/mol. The maximum atomic E-state index is 12.9. The summed E-state index contributed by atoms with van der Waals surface area (Å²) in [6.07, 6.45) is 21.0. The number of rotatable bonds is 17. The Kier molecular flexibility index (Phi) is 22.6. The van der Waals surface area contributed by atoms with E-state index in [1.54, 1.807) is 19.9 Å². The molecule has 0 aromatic heterocycles. The lowest BCUT2D eigenvalue weighted by Gasteiger charge is -2.26. The third-order valence-corrected chi connectivity index (χ3v) is 9.09. The van der Waals surface area contributed by atoms with Gasteiger partial charge < -0.3 is 29.9 Å². The Morgan fingerprint density at radius 1 is 0.922 bits per heavy atom. The second kappa shape index (κ2) is 25.0. The second-order valence-electron chi connectivity index (χ2n) is 14.9. The number of esters is 2. The number of carbonyl (C=O) groups excluding carboxylic acids is 2. The van der Waals surface area contributed by atoms with Crippen LogP contribution in [0.25, 0.3) is 0 Å². The van der Waals surface area contributed by atoms with E-state index in [4.69, 9.17) is 9.47 Å². The van der Waals surface area contributed by atoms with Crippen LogP contribution in [0.1, 0.15) is 120 Å². The third-order valence-electron chi connectivity index (χ3n) is 9.09. The van der Waals surface area contributed by atoms with E-state index in [0.29, 0.717) is 38.5 Å². The molecule has 0 spiro atoms. The van der Waals surface area contributed by atoms with Crippen molar-refractivity contribution >= 4 is 11.9 Å². The van der Waals surface area contributed by atoms with Crippen LogP contribution in [0.5, 0.6) is 0 Å². The molecule has 9 atom stereocenters. The molecule has 0 aromatic rings. The van der Waals surface area contributed by atoms with Crippen LogP contribution in [0.3, 0.4) is 0 Å². The normalized spacial score (nSPS) is 25.0. The number of aliphatic hydroxyl groups is 4. The summed E-state index contributed by atoms with van der Waals surface area (Å²) in [7, 11) is 0. The van der Waals surface area contributed by atoms with E-state index in [2.05, 4.69) is 26.0 Å². The molecule has 0 fully saturated rings. The van der Waals surface area contributed by atoms with Gasteiger partial charge in [-0.2, -0.15) is 0 Å². The molecule has 8 heteroatoms. The Labute approximate surface area is 308 Å². The molecule has 1 rings (SSSR count). The number of cyclic esters (lactones) is 1. The van der Waals surface area contributed by atoms with E-state index >= 15 is 0 Å². The van der Waals surface area contributed by atoms with Gasteiger partial charge in [-0.3, -0.25) is 4.79 Å². The largest absolute Gasteiger partial charge is 0.462 e. The molecule has 288 valence electrons. The summed E-state index contributed by atoms with van der Waals surface area (Å²) in [5.74, 6) is -0.582. The fourth-order valence-electron chi connectivity index (χ4n) is 6.13. The Hall–Kier alpha value is -3.04. The predicted molar refractivity (Wildman–Crippen MR) is 207 cm³/mol. The minimum Gasteiger partial charge on any atom is -0.462 e. The summed E-state index contributed by atoms with van der Waals surface area (Å²) >= 11 is 0. The average molecular weight is 713 g/mol. The molecular formula is C43H68O8. The van der Waals surface area contributed by atoms with Gasteiger partial charge in [-0.1, -0.05) is 97.7 Å². The van der Waals surface area contributed by atoms with Crippen LogP contribution in [0.2, 0.25) is 0 Å². The number of hydrogen-bond donors (Lipinski definition) is 4. The second-order valence-corrected chi connectivity index (χ2v) is 14.9. The minimum absolute atomic E-state index is 0.0808. The molecule has 1 aliphatic heterocycles. The summed E-state index contributed by atoms with van der Waals surface area (Å²) in [5, 5.41) is 39.2. The zero-order valence-electron chi connectivity index (χ0n) is 32.8. The molecule has 51 heavy (non-hydrogen) atoms. The van der Waals surface area contributed by atoms with Crippen LogP contribution in [0.4, 0.5) is 0 Å². The summed E-state index contributed by atoms with van der Waals surface area (Å²) in [4.78, 5) is 25.7. The van der Waals surface area contributed by atoms with Crippen molar-refractivity contribution in [3.05, 3.63) is 83.1 Å². The highest BCUT2D eigenvalue weighted by atomic mass is 16.5. The van der Waals surface area contributed by atoms with Crippen molar-refractivity contribution in [2.75, 3.05) is 0 Å². The van der Waals surface area contributed by atoms with Gasteiger partial charge in [-0.05, 0) is 98.3 Å². The van der Waals surface area contributed by atoms with E-state index in [9.17, 15) is 30.0 Å². The van der Waals surface area contributed by atoms with Crippen molar-refractivity contribution in [2.24, 2.45) is 17.8 Å². The van der Waals surface area contributed by atoms with Gasteiger partial charge in [-0.15, -0.1) is 0 Å². The Morgan fingerprint density at radius 3 is 2.25 bits per heavy atom. The molecule has 0 saturated carbocycles. The number of ether oxygens (including phenoxy) is 2. The van der Waals surface area contributed by atoms with Crippen LogP contribution in [0, 0.1) is 17.8 Å². The molecular weight excluding hydrogens is 644 g/mol. The molecule has 4 N–H and O–H groups in total. The Balaban J connectivity index is 2.77. The predicted octanol–water partition coefficient (Wildman–Crippen LogP) is 8.18. The fourth-order valence-corrected chi connectivity index (χ4v) is 6.13. The SMILES string of the molecule is CC(=C\C=C\C(C)=C\C[C@@H](O)C[C@H](C)O)/C=C(C)/C=C/C(=O)O[C@H]1CCCC(=O)O[C@@H]([C@@H](C)C/C(C)=C/[C@@H](C)[C@H](O)C[C@@H](C)O)C/C=C/C[C@@H]1C. The molecule has 0 aliphatic carbocycles. The van der Waals surface area contributed by atoms with E-state index in [0.717, 1.165) is 35.1 Å². The average Bonchev–Trinajstić information content (AvgIpc) is 3.02. The Bertz CT molecular complexity index is 1260. The van der Waals surface area contributed by atoms with Gasteiger partial charge in [-0.25, -0.2) is 4.79 Å². The van der Waals surface area contributed by atoms with Crippen molar-refractivity contribution in [3.63, 3.8) is 0 Å². The zero-order valence-corrected chi connectivity index (χ0v) is 32.8. The number of carbonyl (C=O) groups is 2. The molecule has 0 aromatic carbocycles. The minimum atomic E-state index is -0.612. The zero-order chi connectivity index (χ0) is 38.5. The van der Waals surface area contributed by atoms with Crippen LogP contribution >= 0.6 is 0 Å². The van der Waals surface area contributed by atoms with Crippen LogP contribution < -0.4 is 0 Å². The first kappa shape index (κ1) is 46.0. The molecule has 0 radical (unpaired) electrons. The van der Waals surface area contributed by atoms with Gasteiger partial charge in [0, 0.05) is 24.8 Å². The van der Waals surface area contributed by atoms with Gasteiger partial charge in [0.1, 0.15) is 12.2 Å². The first-order valence-electron chi connectivity index (χ1n) is 18.8. The number of allylic oxidation sites excluding steroid dienone is 10. The lowest BCUT2D eigenvalue weighted by atomic mass is 9.90. The molecule has 0 saturated heterocycles. The highest BCUT2D eigenvalue weighted by molar-refractivity contribution is 5.82. The lowest BCUT2D eigenvalue weighted by Crippen LogP contribution is -2.27. The van der Waals surface area contributed by atoms with Crippen LogP contribution in [-0.4, -0.2) is 69.0 Å². The van der Waals surface area contributed by atoms with Gasteiger partial charge >= 0.3 is 11.9 Å². The molecule has 0 amide bonds. The van der Waals surface area contributed by atoms with Gasteiger partial charge in [0.05, 0.1) is 24.4 Å².